The number of hydrogen-bond donors (Lipinski definition) is 2. The highest BCUT2D eigenvalue weighted by atomic mass is 19.3. The number of carbonyl (C=O) groups excluding carboxylic acids is 1. The Labute approximate surface area is 177 Å². The minimum Gasteiger partial charge on any atom is -0.478 e. The zero-order valence-electron chi connectivity index (χ0n) is 17.1. The van der Waals surface area contributed by atoms with Gasteiger partial charge in [0.25, 0.3) is 12.3 Å². The number of hydrogen-bond acceptors (Lipinski definition) is 4. The van der Waals surface area contributed by atoms with Crippen molar-refractivity contribution in [3.63, 3.8) is 0 Å². The van der Waals surface area contributed by atoms with E-state index < -0.39 is 24.3 Å². The molecule has 3 rings (SSSR count). The lowest BCUT2D eigenvalue weighted by atomic mass is 10.1. The predicted octanol–water partition coefficient (Wildman–Crippen LogP) is 4.65. The second-order valence-electron chi connectivity index (χ2n) is 6.99. The van der Waals surface area contributed by atoms with Gasteiger partial charge in [0.1, 0.15) is 11.3 Å². The van der Waals surface area contributed by atoms with Gasteiger partial charge in [-0.1, -0.05) is 24.3 Å². The Morgan fingerprint density at radius 3 is 2.42 bits per heavy atom. The van der Waals surface area contributed by atoms with Crippen LogP contribution in [0, 0.1) is 6.92 Å². The van der Waals surface area contributed by atoms with E-state index in [-0.39, 0.29) is 28.3 Å². The van der Waals surface area contributed by atoms with E-state index in [0.717, 1.165) is 0 Å². The predicted molar refractivity (Wildman–Crippen MR) is 109 cm³/mol. The molecular formula is C22H21F2N3O4. The number of nitrogens with zero attached hydrogens (tertiary/aromatic N) is 2. The molecule has 0 aliphatic carbocycles. The van der Waals surface area contributed by atoms with Crippen molar-refractivity contribution in [1.29, 1.82) is 0 Å². The molecule has 0 fully saturated rings. The average Bonchev–Trinajstić information content (AvgIpc) is 3.01. The molecular weight excluding hydrogens is 408 g/mol. The molecule has 2 N–H and O–H groups in total. The zero-order valence-corrected chi connectivity index (χ0v) is 17.1. The van der Waals surface area contributed by atoms with Crippen molar-refractivity contribution < 1.29 is 28.2 Å². The lowest BCUT2D eigenvalue weighted by Gasteiger charge is -2.15. The van der Waals surface area contributed by atoms with E-state index in [1.54, 1.807) is 33.0 Å². The molecule has 1 amide bonds. The fourth-order valence-corrected chi connectivity index (χ4v) is 3.11. The Morgan fingerprint density at radius 1 is 1.13 bits per heavy atom. The summed E-state index contributed by atoms with van der Waals surface area (Å²) in [6.45, 7) is 3.40. The van der Waals surface area contributed by atoms with Crippen LogP contribution >= 0.6 is 0 Å². The highest BCUT2D eigenvalue weighted by molar-refractivity contribution is 5.98. The van der Waals surface area contributed by atoms with Crippen molar-refractivity contribution in [3.05, 3.63) is 76.5 Å². The highest BCUT2D eigenvalue weighted by Gasteiger charge is 2.24. The number of rotatable bonds is 7. The number of halogens is 2. The van der Waals surface area contributed by atoms with Gasteiger partial charge >= 0.3 is 5.97 Å². The maximum Gasteiger partial charge on any atom is 0.335 e. The number of aryl methyl sites for hydroxylation is 2. The molecule has 0 saturated carbocycles. The van der Waals surface area contributed by atoms with Gasteiger partial charge in [-0.2, -0.15) is 5.10 Å². The van der Waals surface area contributed by atoms with E-state index in [2.05, 4.69) is 10.4 Å². The van der Waals surface area contributed by atoms with E-state index >= 15 is 0 Å². The molecule has 2 aromatic carbocycles. The molecule has 31 heavy (non-hydrogen) atoms. The van der Waals surface area contributed by atoms with Crippen LogP contribution in [0.2, 0.25) is 0 Å². The second kappa shape index (κ2) is 8.95. The summed E-state index contributed by atoms with van der Waals surface area (Å²) in [6.07, 6.45) is -2.65. The molecule has 0 radical (unpaired) electrons. The quantitative estimate of drug-likeness (QED) is 0.570. The van der Waals surface area contributed by atoms with Gasteiger partial charge in [0.05, 0.1) is 17.3 Å². The first kappa shape index (κ1) is 21.9. The standard InChI is InChI=1S/C22H21F2N3O4/c1-12(14-7-9-15(10-8-14)22(29)30)25-20(28)18-13(2)26-27(3)21(18)31-17-6-4-5-16(11-17)19(23)24/h4-12,19H,1-3H3,(H,25,28)(H,29,30). The number of ether oxygens (including phenoxy) is 1. The average molecular weight is 429 g/mol. The van der Waals surface area contributed by atoms with Gasteiger partial charge in [0.15, 0.2) is 0 Å². The molecule has 162 valence electrons. The van der Waals surface area contributed by atoms with Gasteiger partial charge in [-0.25, -0.2) is 18.3 Å². The second-order valence-corrected chi connectivity index (χ2v) is 6.99. The third-order valence-corrected chi connectivity index (χ3v) is 4.73. The number of aromatic carboxylic acids is 1. The van der Waals surface area contributed by atoms with Crippen LogP contribution in [0.5, 0.6) is 11.6 Å². The molecule has 0 aliphatic rings. The smallest absolute Gasteiger partial charge is 0.335 e. The van der Waals surface area contributed by atoms with E-state index in [0.29, 0.717) is 11.3 Å². The Morgan fingerprint density at radius 2 is 1.81 bits per heavy atom. The number of carbonyl (C=O) groups is 2. The van der Waals surface area contributed by atoms with Gasteiger partial charge in [-0.05, 0) is 43.7 Å². The van der Waals surface area contributed by atoms with Gasteiger partial charge < -0.3 is 15.2 Å². The maximum atomic E-state index is 13.0. The molecule has 0 spiro atoms. The summed E-state index contributed by atoms with van der Waals surface area (Å²) < 4.78 is 33.1. The number of carboxylic acid groups (broad SMARTS) is 1. The summed E-state index contributed by atoms with van der Waals surface area (Å²) in [5, 5.41) is 16.1. The molecule has 1 atom stereocenters. The third kappa shape index (κ3) is 4.88. The first-order valence-electron chi connectivity index (χ1n) is 9.41. The first-order chi connectivity index (χ1) is 14.7. The number of alkyl halides is 2. The van der Waals surface area contributed by atoms with Crippen LogP contribution in [0.1, 0.15) is 56.9 Å². The maximum absolute atomic E-state index is 13.0. The molecule has 0 aliphatic heterocycles. The normalized spacial score (nSPS) is 11.9. The molecule has 1 unspecified atom stereocenters. The number of benzene rings is 2. The van der Waals surface area contributed by atoms with E-state index in [9.17, 15) is 18.4 Å². The fourth-order valence-electron chi connectivity index (χ4n) is 3.11. The lowest BCUT2D eigenvalue weighted by Crippen LogP contribution is -2.27. The minimum absolute atomic E-state index is 0.120. The Kier molecular flexibility index (Phi) is 6.33. The fraction of sp³-hybridized carbons (Fsp3) is 0.227. The molecule has 0 saturated heterocycles. The Bertz CT molecular complexity index is 1110. The van der Waals surface area contributed by atoms with Crippen LogP contribution in [-0.2, 0) is 7.05 Å². The SMILES string of the molecule is Cc1nn(C)c(Oc2cccc(C(F)F)c2)c1C(=O)NC(C)c1ccc(C(=O)O)cc1. The third-order valence-electron chi connectivity index (χ3n) is 4.73. The summed E-state index contributed by atoms with van der Waals surface area (Å²) in [7, 11) is 1.59. The number of aromatic nitrogens is 2. The number of nitrogens with one attached hydrogen (secondary N) is 1. The lowest BCUT2D eigenvalue weighted by molar-refractivity contribution is 0.0696. The largest absolute Gasteiger partial charge is 0.478 e. The van der Waals surface area contributed by atoms with Crippen LogP contribution in [0.3, 0.4) is 0 Å². The zero-order chi connectivity index (χ0) is 22.7. The van der Waals surface area contributed by atoms with Crippen LogP contribution < -0.4 is 10.1 Å². The van der Waals surface area contributed by atoms with Crippen molar-refractivity contribution >= 4 is 11.9 Å². The van der Waals surface area contributed by atoms with Crippen molar-refractivity contribution in [2.75, 3.05) is 0 Å². The van der Waals surface area contributed by atoms with E-state index in [1.165, 1.54) is 41.1 Å². The summed E-state index contributed by atoms with van der Waals surface area (Å²) in [5.41, 5.74) is 1.26. The first-order valence-corrected chi connectivity index (χ1v) is 9.41. The number of carboxylic acids is 1. The molecule has 0 bridgehead atoms. The monoisotopic (exact) mass is 429 g/mol. The molecule has 3 aromatic rings. The molecule has 7 nitrogen and oxygen atoms in total. The van der Waals surface area contributed by atoms with Crippen LogP contribution in [0.4, 0.5) is 8.78 Å². The van der Waals surface area contributed by atoms with Crippen molar-refractivity contribution in [2.45, 2.75) is 26.3 Å². The van der Waals surface area contributed by atoms with Crippen LogP contribution in [-0.4, -0.2) is 26.8 Å². The molecule has 1 heterocycles. The van der Waals surface area contributed by atoms with Gasteiger partial charge in [0, 0.05) is 12.6 Å². The van der Waals surface area contributed by atoms with E-state index in [1.807, 2.05) is 0 Å². The highest BCUT2D eigenvalue weighted by Crippen LogP contribution is 2.30. The van der Waals surface area contributed by atoms with Crippen molar-refractivity contribution in [3.8, 4) is 11.6 Å². The summed E-state index contributed by atoms with van der Waals surface area (Å²) in [6, 6.07) is 11.2. The summed E-state index contributed by atoms with van der Waals surface area (Å²) in [4.78, 5) is 24.0. The summed E-state index contributed by atoms with van der Waals surface area (Å²) >= 11 is 0. The summed E-state index contributed by atoms with van der Waals surface area (Å²) in [5.74, 6) is -1.21. The topological polar surface area (TPSA) is 93.5 Å². The van der Waals surface area contributed by atoms with Crippen LogP contribution in [0.15, 0.2) is 48.5 Å². The molecule has 1 aromatic heterocycles. The van der Waals surface area contributed by atoms with Gasteiger partial charge in [-0.3, -0.25) is 4.79 Å². The van der Waals surface area contributed by atoms with Gasteiger partial charge in [-0.15, -0.1) is 0 Å². The minimum atomic E-state index is -2.65. The van der Waals surface area contributed by atoms with Crippen molar-refractivity contribution in [1.82, 2.24) is 15.1 Å². The van der Waals surface area contributed by atoms with Crippen LogP contribution in [0.25, 0.3) is 0 Å². The van der Waals surface area contributed by atoms with Crippen molar-refractivity contribution in [2.24, 2.45) is 7.05 Å². The Balaban J connectivity index is 1.83. The van der Waals surface area contributed by atoms with E-state index in [4.69, 9.17) is 9.84 Å². The molecule has 9 heteroatoms. The Hall–Kier alpha value is -3.75. The van der Waals surface area contributed by atoms with Gasteiger partial charge in [0.2, 0.25) is 5.88 Å². The number of amides is 1.